The van der Waals surface area contributed by atoms with Crippen molar-refractivity contribution in [3.63, 3.8) is 0 Å². The highest BCUT2D eigenvalue weighted by molar-refractivity contribution is 6.06. The Hall–Kier alpha value is -2.35. The lowest BCUT2D eigenvalue weighted by atomic mass is 10.1. The molecule has 0 bridgehead atoms. The van der Waals surface area contributed by atoms with Crippen molar-refractivity contribution in [3.05, 3.63) is 71.3 Å². The Morgan fingerprint density at radius 1 is 1.11 bits per heavy atom. The van der Waals surface area contributed by atoms with E-state index >= 15 is 0 Å². The van der Waals surface area contributed by atoms with Gasteiger partial charge in [0, 0.05) is 5.56 Å². The van der Waals surface area contributed by atoms with Crippen LogP contribution in [-0.4, -0.2) is 12.9 Å². The Morgan fingerprint density at radius 2 is 1.84 bits per heavy atom. The van der Waals surface area contributed by atoms with E-state index in [0.717, 1.165) is 11.3 Å². The topological polar surface area (TPSA) is 26.3 Å². The minimum absolute atomic E-state index is 0.0100. The molecule has 0 spiro atoms. The van der Waals surface area contributed by atoms with E-state index in [1.165, 1.54) is 5.56 Å². The van der Waals surface area contributed by atoms with Gasteiger partial charge in [-0.05, 0) is 42.8 Å². The van der Waals surface area contributed by atoms with Crippen LogP contribution in [0.3, 0.4) is 0 Å². The minimum Gasteiger partial charge on any atom is -0.497 e. The molecule has 0 aliphatic carbocycles. The number of ether oxygens (including phenoxy) is 1. The van der Waals surface area contributed by atoms with Gasteiger partial charge in [0.2, 0.25) is 0 Å². The number of benzene rings is 2. The monoisotopic (exact) mass is 252 g/mol. The Kier molecular flexibility index (Phi) is 4.14. The fraction of sp³-hybridized carbons (Fsp3) is 0.118. The number of hydrogen-bond donors (Lipinski definition) is 0. The van der Waals surface area contributed by atoms with Gasteiger partial charge in [-0.15, -0.1) is 0 Å². The number of carbonyl (C=O) groups is 1. The van der Waals surface area contributed by atoms with Gasteiger partial charge in [0.05, 0.1) is 7.11 Å². The number of rotatable bonds is 4. The maximum atomic E-state index is 12.0. The number of allylic oxidation sites excluding steroid dienone is 1. The van der Waals surface area contributed by atoms with Crippen molar-refractivity contribution in [3.8, 4) is 5.75 Å². The molecule has 0 fully saturated rings. The number of ketones is 1. The molecule has 2 nitrogen and oxygen atoms in total. The van der Waals surface area contributed by atoms with Crippen molar-refractivity contribution in [1.82, 2.24) is 0 Å². The minimum atomic E-state index is -0.0100. The molecule has 2 heteroatoms. The van der Waals surface area contributed by atoms with Crippen LogP contribution in [-0.2, 0) is 0 Å². The van der Waals surface area contributed by atoms with Crippen LogP contribution in [0.5, 0.6) is 5.75 Å². The number of aryl methyl sites for hydroxylation is 1. The van der Waals surface area contributed by atoms with Gasteiger partial charge in [0.25, 0.3) is 0 Å². The maximum Gasteiger partial charge on any atom is 0.185 e. The van der Waals surface area contributed by atoms with E-state index in [2.05, 4.69) is 0 Å². The summed E-state index contributed by atoms with van der Waals surface area (Å²) in [7, 11) is 1.61. The van der Waals surface area contributed by atoms with Crippen LogP contribution in [0.1, 0.15) is 21.5 Å². The standard InChI is InChI=1S/C17H16O2/c1-13-4-3-5-14(12-13)6-11-17(18)15-7-9-16(19-2)10-8-15/h3-12H,1-2H3/b11-6+. The molecule has 0 aliphatic heterocycles. The van der Waals surface area contributed by atoms with E-state index in [1.807, 2.05) is 37.3 Å². The lowest BCUT2D eigenvalue weighted by Gasteiger charge is -2.00. The summed E-state index contributed by atoms with van der Waals surface area (Å²) in [6.07, 6.45) is 3.43. The lowest BCUT2D eigenvalue weighted by Crippen LogP contribution is -1.94. The highest BCUT2D eigenvalue weighted by Gasteiger charge is 2.01. The molecule has 0 unspecified atom stereocenters. The largest absolute Gasteiger partial charge is 0.497 e. The Balaban J connectivity index is 2.11. The zero-order chi connectivity index (χ0) is 13.7. The summed E-state index contributed by atoms with van der Waals surface area (Å²) in [5.41, 5.74) is 2.87. The summed E-state index contributed by atoms with van der Waals surface area (Å²) in [5, 5.41) is 0. The molecule has 0 saturated carbocycles. The quantitative estimate of drug-likeness (QED) is 0.609. The zero-order valence-corrected chi connectivity index (χ0v) is 11.1. The first-order valence-electron chi connectivity index (χ1n) is 6.12. The van der Waals surface area contributed by atoms with Crippen molar-refractivity contribution in [2.75, 3.05) is 7.11 Å². The Bertz CT molecular complexity index is 595. The highest BCUT2D eigenvalue weighted by atomic mass is 16.5. The zero-order valence-electron chi connectivity index (χ0n) is 11.1. The third-order valence-corrected chi connectivity index (χ3v) is 2.84. The highest BCUT2D eigenvalue weighted by Crippen LogP contribution is 2.13. The second-order valence-electron chi connectivity index (χ2n) is 4.34. The van der Waals surface area contributed by atoms with Gasteiger partial charge in [-0.25, -0.2) is 0 Å². The van der Waals surface area contributed by atoms with Crippen LogP contribution in [0.2, 0.25) is 0 Å². The molecule has 0 amide bonds. The average molecular weight is 252 g/mol. The van der Waals surface area contributed by atoms with E-state index in [4.69, 9.17) is 4.74 Å². The summed E-state index contributed by atoms with van der Waals surface area (Å²) in [4.78, 5) is 12.0. The second kappa shape index (κ2) is 6.01. The molecule has 19 heavy (non-hydrogen) atoms. The molecule has 0 heterocycles. The van der Waals surface area contributed by atoms with Gasteiger partial charge in [0.1, 0.15) is 5.75 Å². The average Bonchev–Trinajstić information content (AvgIpc) is 2.45. The van der Waals surface area contributed by atoms with E-state index in [0.29, 0.717) is 5.56 Å². The van der Waals surface area contributed by atoms with Gasteiger partial charge in [-0.1, -0.05) is 35.9 Å². The summed E-state index contributed by atoms with van der Waals surface area (Å²) in [6, 6.07) is 15.1. The van der Waals surface area contributed by atoms with Crippen LogP contribution in [0.25, 0.3) is 6.08 Å². The molecule has 0 radical (unpaired) electrons. The SMILES string of the molecule is COc1ccc(C(=O)/C=C/c2cccc(C)c2)cc1. The normalized spacial score (nSPS) is 10.6. The van der Waals surface area contributed by atoms with E-state index in [-0.39, 0.29) is 5.78 Å². The van der Waals surface area contributed by atoms with Crippen molar-refractivity contribution >= 4 is 11.9 Å². The van der Waals surface area contributed by atoms with Crippen LogP contribution >= 0.6 is 0 Å². The van der Waals surface area contributed by atoms with Gasteiger partial charge < -0.3 is 4.74 Å². The number of hydrogen-bond acceptors (Lipinski definition) is 2. The lowest BCUT2D eigenvalue weighted by molar-refractivity contribution is 0.104. The van der Waals surface area contributed by atoms with Gasteiger partial charge in [0.15, 0.2) is 5.78 Å². The van der Waals surface area contributed by atoms with Crippen LogP contribution in [0.15, 0.2) is 54.6 Å². The summed E-state index contributed by atoms with van der Waals surface area (Å²) in [5.74, 6) is 0.739. The van der Waals surface area contributed by atoms with Crippen molar-refractivity contribution in [1.29, 1.82) is 0 Å². The number of methoxy groups -OCH3 is 1. The first kappa shape index (κ1) is 13.1. The molecule has 2 rings (SSSR count). The maximum absolute atomic E-state index is 12.0. The second-order valence-corrected chi connectivity index (χ2v) is 4.34. The fourth-order valence-corrected chi connectivity index (χ4v) is 1.80. The molecular formula is C17H16O2. The fourth-order valence-electron chi connectivity index (χ4n) is 1.80. The predicted molar refractivity (Wildman–Crippen MR) is 77.5 cm³/mol. The predicted octanol–water partition coefficient (Wildman–Crippen LogP) is 3.90. The summed E-state index contributed by atoms with van der Waals surface area (Å²) in [6.45, 7) is 2.03. The van der Waals surface area contributed by atoms with Gasteiger partial charge in [-0.2, -0.15) is 0 Å². The third kappa shape index (κ3) is 3.55. The molecule has 96 valence electrons. The van der Waals surface area contributed by atoms with E-state index in [9.17, 15) is 4.79 Å². The summed E-state index contributed by atoms with van der Waals surface area (Å²) < 4.78 is 5.06. The number of carbonyl (C=O) groups excluding carboxylic acids is 1. The smallest absolute Gasteiger partial charge is 0.185 e. The van der Waals surface area contributed by atoms with Crippen molar-refractivity contribution in [2.24, 2.45) is 0 Å². The Labute approximate surface area is 113 Å². The first-order valence-corrected chi connectivity index (χ1v) is 6.12. The van der Waals surface area contributed by atoms with Gasteiger partial charge in [-0.3, -0.25) is 4.79 Å². The molecule has 0 saturated heterocycles. The molecule has 2 aromatic rings. The van der Waals surface area contributed by atoms with Crippen molar-refractivity contribution < 1.29 is 9.53 Å². The van der Waals surface area contributed by atoms with Crippen molar-refractivity contribution in [2.45, 2.75) is 6.92 Å². The van der Waals surface area contributed by atoms with E-state index in [1.54, 1.807) is 37.5 Å². The third-order valence-electron chi connectivity index (χ3n) is 2.84. The van der Waals surface area contributed by atoms with E-state index < -0.39 is 0 Å². The molecule has 0 aliphatic rings. The molecule has 0 aromatic heterocycles. The molecule has 0 N–H and O–H groups in total. The Morgan fingerprint density at radius 3 is 2.47 bits per heavy atom. The molecular weight excluding hydrogens is 236 g/mol. The van der Waals surface area contributed by atoms with Crippen LogP contribution < -0.4 is 4.74 Å². The summed E-state index contributed by atoms with van der Waals surface area (Å²) >= 11 is 0. The molecule has 0 atom stereocenters. The first-order chi connectivity index (χ1) is 9.19. The van der Waals surface area contributed by atoms with Crippen LogP contribution in [0, 0.1) is 6.92 Å². The van der Waals surface area contributed by atoms with Gasteiger partial charge >= 0.3 is 0 Å². The van der Waals surface area contributed by atoms with Crippen LogP contribution in [0.4, 0.5) is 0 Å². The molecule has 2 aromatic carbocycles.